The molecule has 1 amide bonds. The minimum Gasteiger partial charge on any atom is -0.489 e. The van der Waals surface area contributed by atoms with Crippen molar-refractivity contribution < 1.29 is 28.6 Å². The average Bonchev–Trinajstić information content (AvgIpc) is 3.51. The van der Waals surface area contributed by atoms with E-state index in [4.69, 9.17) is 21.1 Å². The summed E-state index contributed by atoms with van der Waals surface area (Å²) in [6.07, 6.45) is 2.58. The number of amides is 1. The maximum Gasteiger partial charge on any atom is 0.292 e. The van der Waals surface area contributed by atoms with E-state index >= 15 is 0 Å². The third kappa shape index (κ3) is 7.51. The van der Waals surface area contributed by atoms with E-state index in [9.17, 15) is 19.1 Å². The van der Waals surface area contributed by atoms with Gasteiger partial charge in [0.15, 0.2) is 0 Å². The third-order valence-electron chi connectivity index (χ3n) is 7.64. The van der Waals surface area contributed by atoms with E-state index in [-0.39, 0.29) is 17.5 Å². The van der Waals surface area contributed by atoms with Gasteiger partial charge in [-0.1, -0.05) is 54.1 Å². The number of rotatable bonds is 10. The number of hydrogen-bond acceptors (Lipinski definition) is 6. The molecular weight excluding hydrogens is 547 g/mol. The van der Waals surface area contributed by atoms with Gasteiger partial charge in [0.1, 0.15) is 23.8 Å². The number of benzene rings is 3. The monoisotopic (exact) mass is 580 g/mol. The van der Waals surface area contributed by atoms with Gasteiger partial charge in [-0.3, -0.25) is 9.59 Å². The number of carbonyl (C=O) groups is 2. The largest absolute Gasteiger partial charge is 0.489 e. The number of ketones is 1. The lowest BCUT2D eigenvalue weighted by Crippen LogP contribution is -2.48. The van der Waals surface area contributed by atoms with Gasteiger partial charge in [-0.2, -0.15) is 0 Å². The van der Waals surface area contributed by atoms with Crippen molar-refractivity contribution >= 4 is 23.3 Å². The predicted molar refractivity (Wildman–Crippen MR) is 155 cm³/mol. The van der Waals surface area contributed by atoms with Gasteiger partial charge in [0.05, 0.1) is 24.3 Å². The van der Waals surface area contributed by atoms with Crippen molar-refractivity contribution in [3.8, 4) is 16.9 Å². The molecule has 2 saturated heterocycles. The van der Waals surface area contributed by atoms with Gasteiger partial charge in [0.25, 0.3) is 5.91 Å². The molecule has 3 aromatic carbocycles. The van der Waals surface area contributed by atoms with Crippen molar-refractivity contribution in [3.63, 3.8) is 0 Å². The van der Waals surface area contributed by atoms with Crippen LogP contribution < -0.4 is 10.1 Å². The molecule has 0 aliphatic carbocycles. The Balaban J connectivity index is 1.28. The number of nitrogens with zero attached hydrogens (tertiary/aromatic N) is 1. The fraction of sp³-hybridized carbons (Fsp3) is 0.375. The van der Waals surface area contributed by atoms with Crippen LogP contribution in [0, 0.1) is 5.82 Å². The van der Waals surface area contributed by atoms with Gasteiger partial charge >= 0.3 is 0 Å². The molecule has 216 valence electrons. The molecule has 0 bridgehead atoms. The third-order valence-corrected chi connectivity index (χ3v) is 7.94. The molecule has 0 radical (unpaired) electrons. The Morgan fingerprint density at radius 3 is 2.27 bits per heavy atom. The highest BCUT2D eigenvalue weighted by atomic mass is 35.5. The van der Waals surface area contributed by atoms with E-state index in [1.165, 1.54) is 12.1 Å². The Kier molecular flexibility index (Phi) is 9.67. The Labute approximate surface area is 244 Å². The van der Waals surface area contributed by atoms with Crippen LogP contribution in [0.3, 0.4) is 0 Å². The van der Waals surface area contributed by atoms with E-state index < -0.39 is 23.8 Å². The maximum absolute atomic E-state index is 13.3. The number of halogens is 2. The first-order chi connectivity index (χ1) is 19.9. The quantitative estimate of drug-likeness (QED) is 0.253. The summed E-state index contributed by atoms with van der Waals surface area (Å²) < 4.78 is 24.7. The van der Waals surface area contributed by atoms with E-state index in [0.717, 1.165) is 49.9 Å². The molecule has 0 spiro atoms. The summed E-state index contributed by atoms with van der Waals surface area (Å²) in [7, 11) is 0. The minimum atomic E-state index is -1.09. The van der Waals surface area contributed by atoms with Gasteiger partial charge in [-0.25, -0.2) is 4.39 Å². The zero-order valence-electron chi connectivity index (χ0n) is 22.7. The molecule has 2 heterocycles. The molecule has 0 saturated carbocycles. The SMILES string of the molecule is O=C(NC(CN1CCCC1)C(O)c1ccc(OC2CCOCC2)c(Cl)c1)C(=O)c1ccc(-c2ccc(F)cc2)cc1. The van der Waals surface area contributed by atoms with Crippen molar-refractivity contribution in [3.05, 3.63) is 88.7 Å². The molecular formula is C32H34ClFN2O5. The summed E-state index contributed by atoms with van der Waals surface area (Å²) in [5.74, 6) is -1.29. The normalized spacial score (nSPS) is 17.6. The Morgan fingerprint density at radius 2 is 1.63 bits per heavy atom. The first kappa shape index (κ1) is 29.2. The summed E-state index contributed by atoms with van der Waals surface area (Å²) >= 11 is 6.53. The van der Waals surface area contributed by atoms with Crippen LogP contribution >= 0.6 is 11.6 Å². The van der Waals surface area contributed by atoms with Crippen molar-refractivity contribution in [1.82, 2.24) is 10.2 Å². The Bertz CT molecular complexity index is 1340. The number of likely N-dealkylation sites (tertiary alicyclic amines) is 1. The van der Waals surface area contributed by atoms with Crippen molar-refractivity contribution in [2.75, 3.05) is 32.8 Å². The highest BCUT2D eigenvalue weighted by Crippen LogP contribution is 2.31. The molecule has 2 unspecified atom stereocenters. The van der Waals surface area contributed by atoms with E-state index in [2.05, 4.69) is 10.2 Å². The second-order valence-corrected chi connectivity index (χ2v) is 11.0. The van der Waals surface area contributed by atoms with Crippen LogP contribution in [0.5, 0.6) is 5.75 Å². The van der Waals surface area contributed by atoms with Gasteiger partial charge in [-0.05, 0) is 66.9 Å². The van der Waals surface area contributed by atoms with Crippen molar-refractivity contribution in [2.24, 2.45) is 0 Å². The Hall–Kier alpha value is -3.30. The molecule has 2 N–H and O–H groups in total. The summed E-state index contributed by atoms with van der Waals surface area (Å²) in [6.45, 7) is 3.40. The minimum absolute atomic E-state index is 0.0231. The van der Waals surface area contributed by atoms with Crippen LogP contribution in [0.2, 0.25) is 5.02 Å². The topological polar surface area (TPSA) is 88.1 Å². The lowest BCUT2D eigenvalue weighted by atomic mass is 10.00. The fourth-order valence-corrected chi connectivity index (χ4v) is 5.53. The number of hydrogen-bond donors (Lipinski definition) is 2. The number of nitrogens with one attached hydrogen (secondary N) is 1. The molecule has 2 aliphatic heterocycles. The molecule has 5 rings (SSSR count). The fourth-order valence-electron chi connectivity index (χ4n) is 5.29. The summed E-state index contributed by atoms with van der Waals surface area (Å²) in [4.78, 5) is 28.3. The molecule has 2 atom stereocenters. The molecule has 2 aliphatic rings. The Morgan fingerprint density at radius 1 is 1.00 bits per heavy atom. The van der Waals surface area contributed by atoms with E-state index in [1.54, 1.807) is 54.6 Å². The molecule has 3 aromatic rings. The molecule has 0 aromatic heterocycles. The number of ether oxygens (including phenoxy) is 2. The van der Waals surface area contributed by atoms with Crippen LogP contribution in [0.4, 0.5) is 4.39 Å². The highest BCUT2D eigenvalue weighted by Gasteiger charge is 2.30. The first-order valence-corrected chi connectivity index (χ1v) is 14.4. The lowest BCUT2D eigenvalue weighted by Gasteiger charge is -2.29. The van der Waals surface area contributed by atoms with Crippen LogP contribution in [0.15, 0.2) is 66.7 Å². The zero-order chi connectivity index (χ0) is 28.8. The molecule has 9 heteroatoms. The molecule has 7 nitrogen and oxygen atoms in total. The number of Topliss-reactive ketones (excluding diaryl/α,β-unsaturated/α-hetero) is 1. The number of carbonyl (C=O) groups excluding carboxylic acids is 2. The predicted octanol–water partition coefficient (Wildman–Crippen LogP) is 5.20. The molecule has 2 fully saturated rings. The standard InChI is InChI=1S/C32H34ClFN2O5/c33-27-19-24(9-12-29(27)41-26-13-17-40-18-14-26)30(37)28(20-36-15-1-2-16-36)35-32(39)31(38)23-5-3-21(4-6-23)22-7-10-25(34)11-8-22/h3-12,19,26,28,30,37H,1-2,13-18,20H2,(H,35,39). The summed E-state index contributed by atoms with van der Waals surface area (Å²) in [6, 6.07) is 17.0. The van der Waals surface area contributed by atoms with Gasteiger partial charge in [0.2, 0.25) is 5.78 Å². The smallest absolute Gasteiger partial charge is 0.292 e. The zero-order valence-corrected chi connectivity index (χ0v) is 23.5. The second kappa shape index (κ2) is 13.6. The van der Waals surface area contributed by atoms with E-state index in [0.29, 0.717) is 36.1 Å². The van der Waals surface area contributed by atoms with Gasteiger partial charge < -0.3 is 24.8 Å². The molecule has 41 heavy (non-hydrogen) atoms. The summed E-state index contributed by atoms with van der Waals surface area (Å²) in [5.41, 5.74) is 2.34. The highest BCUT2D eigenvalue weighted by molar-refractivity contribution is 6.42. The second-order valence-electron chi connectivity index (χ2n) is 10.6. The summed E-state index contributed by atoms with van der Waals surface area (Å²) in [5, 5.41) is 14.5. The average molecular weight is 581 g/mol. The first-order valence-electron chi connectivity index (χ1n) is 14.0. The number of aliphatic hydroxyl groups is 1. The number of aliphatic hydroxyl groups excluding tert-OH is 1. The van der Waals surface area contributed by atoms with Gasteiger partial charge in [0, 0.05) is 24.9 Å². The lowest BCUT2D eigenvalue weighted by molar-refractivity contribution is -0.118. The van der Waals surface area contributed by atoms with Crippen LogP contribution in [-0.2, 0) is 9.53 Å². The van der Waals surface area contributed by atoms with E-state index in [1.807, 2.05) is 0 Å². The van der Waals surface area contributed by atoms with Crippen LogP contribution in [0.1, 0.15) is 47.7 Å². The van der Waals surface area contributed by atoms with Gasteiger partial charge in [-0.15, -0.1) is 0 Å². The maximum atomic E-state index is 13.3. The van der Waals surface area contributed by atoms with Crippen molar-refractivity contribution in [2.45, 2.75) is 43.9 Å². The van der Waals surface area contributed by atoms with Crippen LogP contribution in [0.25, 0.3) is 11.1 Å². The van der Waals surface area contributed by atoms with Crippen LogP contribution in [-0.4, -0.2) is 66.7 Å². The van der Waals surface area contributed by atoms with Crippen molar-refractivity contribution in [1.29, 1.82) is 0 Å².